The average molecular weight is 438 g/mol. The minimum Gasteiger partial charge on any atom is -0.352 e. The highest BCUT2D eigenvalue weighted by Crippen LogP contribution is 2.42. The maximum absolute atomic E-state index is 13.8. The van der Waals surface area contributed by atoms with Crippen LogP contribution in [0, 0.1) is 5.82 Å². The molecule has 1 aromatic carbocycles. The van der Waals surface area contributed by atoms with Crippen molar-refractivity contribution in [2.45, 2.75) is 70.8 Å². The summed E-state index contributed by atoms with van der Waals surface area (Å²) in [7, 11) is 0. The standard InChI is InChI=1S/C23H36FN3O2S/c1-5-10-21(28)27-20(16-30-23(27)18-12-8-13-19(24)15-18)22(29)25-17(4)11-9-14-26(6-2)7-3/h8,12-13,15,17,20,23H,5-7,9-11,14,16H2,1-4H3,(H,25,29). The third-order valence-electron chi connectivity index (χ3n) is 5.58. The zero-order valence-corrected chi connectivity index (χ0v) is 19.5. The zero-order valence-electron chi connectivity index (χ0n) is 18.7. The first-order chi connectivity index (χ1) is 14.4. The molecule has 0 aromatic heterocycles. The molecule has 1 fully saturated rings. The molecule has 0 saturated carbocycles. The quantitative estimate of drug-likeness (QED) is 0.564. The molecule has 2 amide bonds. The molecule has 1 N–H and O–H groups in total. The summed E-state index contributed by atoms with van der Waals surface area (Å²) in [5.74, 6) is 0.0345. The second kappa shape index (κ2) is 12.3. The van der Waals surface area contributed by atoms with E-state index in [1.807, 2.05) is 19.9 Å². The number of carbonyl (C=O) groups is 2. The van der Waals surface area contributed by atoms with E-state index in [9.17, 15) is 14.0 Å². The van der Waals surface area contributed by atoms with Gasteiger partial charge in [-0.05, 0) is 63.5 Å². The summed E-state index contributed by atoms with van der Waals surface area (Å²) < 4.78 is 13.8. The smallest absolute Gasteiger partial charge is 0.243 e. The Labute approximate surface area is 184 Å². The fraction of sp³-hybridized carbons (Fsp3) is 0.652. The number of carbonyl (C=O) groups excluding carboxylic acids is 2. The van der Waals surface area contributed by atoms with Gasteiger partial charge in [-0.3, -0.25) is 9.59 Å². The van der Waals surface area contributed by atoms with E-state index in [1.165, 1.54) is 23.9 Å². The second-order valence-electron chi connectivity index (χ2n) is 7.89. The van der Waals surface area contributed by atoms with Gasteiger partial charge in [-0.25, -0.2) is 4.39 Å². The Balaban J connectivity index is 2.03. The highest BCUT2D eigenvalue weighted by molar-refractivity contribution is 7.99. The number of nitrogens with zero attached hydrogens (tertiary/aromatic N) is 2. The topological polar surface area (TPSA) is 52.7 Å². The second-order valence-corrected chi connectivity index (χ2v) is 9.00. The maximum atomic E-state index is 13.8. The van der Waals surface area contributed by atoms with Crippen molar-refractivity contribution in [2.75, 3.05) is 25.4 Å². The van der Waals surface area contributed by atoms with E-state index in [-0.39, 0.29) is 29.0 Å². The molecular weight excluding hydrogens is 401 g/mol. The first-order valence-corrected chi connectivity index (χ1v) is 12.2. The van der Waals surface area contributed by atoms with Gasteiger partial charge in [0.05, 0.1) is 0 Å². The van der Waals surface area contributed by atoms with Crippen LogP contribution in [0.4, 0.5) is 4.39 Å². The van der Waals surface area contributed by atoms with Crippen LogP contribution in [0.25, 0.3) is 0 Å². The van der Waals surface area contributed by atoms with Crippen LogP contribution in [0.3, 0.4) is 0 Å². The van der Waals surface area contributed by atoms with E-state index in [0.717, 1.165) is 38.0 Å². The lowest BCUT2D eigenvalue weighted by atomic mass is 10.1. The minimum atomic E-state index is -0.521. The average Bonchev–Trinajstić information content (AvgIpc) is 3.17. The van der Waals surface area contributed by atoms with E-state index in [1.54, 1.807) is 11.0 Å². The molecule has 30 heavy (non-hydrogen) atoms. The van der Waals surface area contributed by atoms with Crippen LogP contribution in [0.2, 0.25) is 0 Å². The Morgan fingerprint density at radius 1 is 1.30 bits per heavy atom. The molecule has 1 aliphatic rings. The Hall–Kier alpha value is -1.60. The van der Waals surface area contributed by atoms with Crippen molar-refractivity contribution >= 4 is 23.6 Å². The highest BCUT2D eigenvalue weighted by Gasteiger charge is 2.42. The third-order valence-corrected chi connectivity index (χ3v) is 6.91. The fourth-order valence-corrected chi connectivity index (χ4v) is 5.29. The number of rotatable bonds is 11. The molecule has 1 aliphatic heterocycles. The lowest BCUT2D eigenvalue weighted by Crippen LogP contribution is -2.50. The van der Waals surface area contributed by atoms with Crippen LogP contribution in [0.5, 0.6) is 0 Å². The third kappa shape index (κ3) is 6.71. The molecule has 168 valence electrons. The first kappa shape index (κ1) is 24.7. The van der Waals surface area contributed by atoms with Gasteiger partial charge in [-0.15, -0.1) is 11.8 Å². The Morgan fingerprint density at radius 2 is 2.03 bits per heavy atom. The van der Waals surface area contributed by atoms with Gasteiger partial charge in [0.15, 0.2) is 0 Å². The molecule has 2 rings (SSSR count). The van der Waals surface area contributed by atoms with Gasteiger partial charge in [-0.1, -0.05) is 32.9 Å². The summed E-state index contributed by atoms with van der Waals surface area (Å²) in [6.07, 6.45) is 3.02. The molecule has 3 atom stereocenters. The number of hydrogen-bond donors (Lipinski definition) is 1. The summed E-state index contributed by atoms with van der Waals surface area (Å²) in [6, 6.07) is 5.86. The van der Waals surface area contributed by atoms with Gasteiger partial charge in [0.2, 0.25) is 11.8 Å². The molecule has 1 heterocycles. The molecular formula is C23H36FN3O2S. The van der Waals surface area contributed by atoms with Crippen LogP contribution in [-0.2, 0) is 9.59 Å². The van der Waals surface area contributed by atoms with Crippen LogP contribution >= 0.6 is 11.8 Å². The van der Waals surface area contributed by atoms with Crippen molar-refractivity contribution in [1.82, 2.24) is 15.1 Å². The van der Waals surface area contributed by atoms with Gasteiger partial charge in [0.25, 0.3) is 0 Å². The van der Waals surface area contributed by atoms with E-state index in [2.05, 4.69) is 24.1 Å². The molecule has 0 spiro atoms. The summed E-state index contributed by atoms with van der Waals surface area (Å²) in [5, 5.41) is 2.78. The van der Waals surface area contributed by atoms with E-state index in [0.29, 0.717) is 18.6 Å². The monoisotopic (exact) mass is 437 g/mol. The highest BCUT2D eigenvalue weighted by atomic mass is 32.2. The van der Waals surface area contributed by atoms with Gasteiger partial charge in [0, 0.05) is 18.2 Å². The fourth-order valence-electron chi connectivity index (χ4n) is 3.85. The molecule has 1 aromatic rings. The lowest BCUT2D eigenvalue weighted by molar-refractivity contribution is -0.140. The first-order valence-electron chi connectivity index (χ1n) is 11.1. The number of benzene rings is 1. The summed E-state index contributed by atoms with van der Waals surface area (Å²) in [5.41, 5.74) is 0.729. The van der Waals surface area contributed by atoms with E-state index < -0.39 is 6.04 Å². The van der Waals surface area contributed by atoms with Gasteiger partial charge < -0.3 is 15.1 Å². The Bertz CT molecular complexity index is 699. The number of hydrogen-bond acceptors (Lipinski definition) is 4. The Morgan fingerprint density at radius 3 is 2.67 bits per heavy atom. The van der Waals surface area contributed by atoms with Gasteiger partial charge >= 0.3 is 0 Å². The van der Waals surface area contributed by atoms with Crippen LogP contribution < -0.4 is 5.32 Å². The predicted molar refractivity (Wildman–Crippen MR) is 122 cm³/mol. The van der Waals surface area contributed by atoms with Crippen molar-refractivity contribution in [3.8, 4) is 0 Å². The van der Waals surface area contributed by atoms with Crippen molar-refractivity contribution in [3.63, 3.8) is 0 Å². The van der Waals surface area contributed by atoms with Gasteiger partial charge in [-0.2, -0.15) is 0 Å². The van der Waals surface area contributed by atoms with Crippen molar-refractivity contribution in [2.24, 2.45) is 0 Å². The number of nitrogens with one attached hydrogen (secondary N) is 1. The summed E-state index contributed by atoms with van der Waals surface area (Å²) in [4.78, 5) is 29.9. The molecule has 5 nitrogen and oxygen atoms in total. The van der Waals surface area contributed by atoms with Crippen molar-refractivity contribution in [3.05, 3.63) is 35.6 Å². The summed E-state index contributed by atoms with van der Waals surface area (Å²) in [6.45, 7) is 11.4. The Kier molecular flexibility index (Phi) is 10.1. The minimum absolute atomic E-state index is 0.0499. The lowest BCUT2D eigenvalue weighted by Gasteiger charge is -2.30. The summed E-state index contributed by atoms with van der Waals surface area (Å²) >= 11 is 1.53. The molecule has 0 aliphatic carbocycles. The zero-order chi connectivity index (χ0) is 22.1. The number of thioether (sulfide) groups is 1. The van der Waals surface area contributed by atoms with Crippen LogP contribution in [0.15, 0.2) is 24.3 Å². The van der Waals surface area contributed by atoms with E-state index in [4.69, 9.17) is 0 Å². The molecule has 1 saturated heterocycles. The maximum Gasteiger partial charge on any atom is 0.243 e. The molecule has 7 heteroatoms. The van der Waals surface area contributed by atoms with Crippen LogP contribution in [-0.4, -0.2) is 59.1 Å². The van der Waals surface area contributed by atoms with Crippen molar-refractivity contribution in [1.29, 1.82) is 0 Å². The van der Waals surface area contributed by atoms with Crippen LogP contribution in [0.1, 0.15) is 64.3 Å². The number of halogens is 1. The normalized spacial score (nSPS) is 19.9. The van der Waals surface area contributed by atoms with Crippen molar-refractivity contribution < 1.29 is 14.0 Å². The SMILES string of the molecule is CCCC(=O)N1C(C(=O)NC(C)CCCN(CC)CC)CSC1c1cccc(F)c1. The molecule has 0 bridgehead atoms. The molecule has 0 radical (unpaired) electrons. The number of amides is 2. The molecule has 3 unspecified atom stereocenters. The van der Waals surface area contributed by atoms with E-state index >= 15 is 0 Å². The predicted octanol–water partition coefficient (Wildman–Crippen LogP) is 4.20. The largest absolute Gasteiger partial charge is 0.352 e. The van der Waals surface area contributed by atoms with Gasteiger partial charge in [0.1, 0.15) is 17.2 Å².